The van der Waals surface area contributed by atoms with Crippen LogP contribution in [0.4, 0.5) is 11.4 Å². The molecule has 3 nitrogen and oxygen atoms in total. The lowest BCUT2D eigenvalue weighted by Crippen LogP contribution is -2.17. The van der Waals surface area contributed by atoms with Gasteiger partial charge in [-0.05, 0) is 17.7 Å². The van der Waals surface area contributed by atoms with E-state index >= 15 is 0 Å². The zero-order valence-electron chi connectivity index (χ0n) is 10.8. The average molecular weight is 242 g/mol. The Morgan fingerprint density at radius 3 is 2.44 bits per heavy atom. The zero-order valence-corrected chi connectivity index (χ0v) is 10.8. The molecule has 2 rings (SSSR count). The highest BCUT2D eigenvalue weighted by Crippen LogP contribution is 2.31. The maximum absolute atomic E-state index is 6.08. The number of benzene rings is 2. The minimum atomic E-state index is 0.679. The highest BCUT2D eigenvalue weighted by atomic mass is 16.5. The number of nitrogen functional groups attached to an aromatic ring is 1. The number of methoxy groups -OCH3 is 1. The van der Waals surface area contributed by atoms with Crippen molar-refractivity contribution in [2.24, 2.45) is 0 Å². The number of ether oxygens (including phenoxy) is 1. The van der Waals surface area contributed by atoms with E-state index in [1.807, 2.05) is 43.4 Å². The van der Waals surface area contributed by atoms with Crippen LogP contribution in [0, 0.1) is 0 Å². The van der Waals surface area contributed by atoms with E-state index in [4.69, 9.17) is 10.5 Å². The molecule has 0 atom stereocenters. The molecule has 0 saturated heterocycles. The smallest absolute Gasteiger partial charge is 0.143 e. The molecular weight excluding hydrogens is 224 g/mol. The first-order chi connectivity index (χ1) is 8.72. The molecule has 0 bridgehead atoms. The number of anilines is 2. The first-order valence-corrected chi connectivity index (χ1v) is 5.90. The monoisotopic (exact) mass is 242 g/mol. The fraction of sp³-hybridized carbons (Fsp3) is 0.200. The lowest BCUT2D eigenvalue weighted by atomic mass is 10.2. The van der Waals surface area contributed by atoms with Gasteiger partial charge in [0.15, 0.2) is 0 Å². The van der Waals surface area contributed by atoms with Crippen LogP contribution in [0.3, 0.4) is 0 Å². The summed E-state index contributed by atoms with van der Waals surface area (Å²) in [6, 6.07) is 16.1. The van der Waals surface area contributed by atoms with Crippen molar-refractivity contribution in [1.82, 2.24) is 0 Å². The molecule has 94 valence electrons. The van der Waals surface area contributed by atoms with E-state index < -0.39 is 0 Å². The quantitative estimate of drug-likeness (QED) is 0.838. The Kier molecular flexibility index (Phi) is 3.72. The van der Waals surface area contributed by atoms with Gasteiger partial charge in [0.25, 0.3) is 0 Å². The van der Waals surface area contributed by atoms with Crippen LogP contribution in [0.15, 0.2) is 48.5 Å². The van der Waals surface area contributed by atoms with E-state index in [0.717, 1.165) is 12.2 Å². The van der Waals surface area contributed by atoms with Crippen LogP contribution in [0.5, 0.6) is 5.75 Å². The van der Waals surface area contributed by atoms with Crippen LogP contribution in [-0.2, 0) is 6.54 Å². The maximum Gasteiger partial charge on any atom is 0.143 e. The molecule has 3 heteroatoms. The summed E-state index contributed by atoms with van der Waals surface area (Å²) >= 11 is 0. The number of nitrogens with zero attached hydrogens (tertiary/aromatic N) is 1. The third kappa shape index (κ3) is 2.56. The first kappa shape index (κ1) is 12.3. The van der Waals surface area contributed by atoms with Crippen LogP contribution in [0.1, 0.15) is 5.56 Å². The lowest BCUT2D eigenvalue weighted by Gasteiger charge is -2.22. The van der Waals surface area contributed by atoms with E-state index in [9.17, 15) is 0 Å². The second-order valence-corrected chi connectivity index (χ2v) is 4.23. The van der Waals surface area contributed by atoms with E-state index in [-0.39, 0.29) is 0 Å². The number of para-hydroxylation sites is 1. The van der Waals surface area contributed by atoms with Crippen molar-refractivity contribution in [1.29, 1.82) is 0 Å². The molecule has 18 heavy (non-hydrogen) atoms. The van der Waals surface area contributed by atoms with Crippen molar-refractivity contribution < 1.29 is 4.74 Å². The van der Waals surface area contributed by atoms with Crippen LogP contribution in [0.2, 0.25) is 0 Å². The fourth-order valence-electron chi connectivity index (χ4n) is 1.99. The van der Waals surface area contributed by atoms with Crippen molar-refractivity contribution in [3.63, 3.8) is 0 Å². The van der Waals surface area contributed by atoms with E-state index in [2.05, 4.69) is 17.0 Å². The standard InChI is InChI=1S/C15H18N2O/c1-17(11-12-7-4-3-5-8-12)13-9-6-10-14(18-2)15(13)16/h3-10H,11,16H2,1-2H3. The van der Waals surface area contributed by atoms with Gasteiger partial charge in [-0.1, -0.05) is 36.4 Å². The van der Waals surface area contributed by atoms with Crippen LogP contribution >= 0.6 is 0 Å². The predicted octanol–water partition coefficient (Wildman–Crippen LogP) is 2.91. The maximum atomic E-state index is 6.08. The van der Waals surface area contributed by atoms with Gasteiger partial charge in [0.05, 0.1) is 18.5 Å². The normalized spacial score (nSPS) is 10.1. The highest BCUT2D eigenvalue weighted by molar-refractivity contribution is 5.73. The van der Waals surface area contributed by atoms with E-state index in [0.29, 0.717) is 11.4 Å². The van der Waals surface area contributed by atoms with Crippen molar-refractivity contribution in [2.75, 3.05) is 24.8 Å². The Bertz CT molecular complexity index is 511. The molecule has 2 aromatic rings. The molecule has 0 aliphatic rings. The molecular formula is C15H18N2O. The molecule has 2 N–H and O–H groups in total. The summed E-state index contributed by atoms with van der Waals surface area (Å²) < 4.78 is 5.23. The zero-order chi connectivity index (χ0) is 13.0. The van der Waals surface area contributed by atoms with Crippen LogP contribution in [0.25, 0.3) is 0 Å². The average Bonchev–Trinajstić information content (AvgIpc) is 2.40. The molecule has 0 aliphatic heterocycles. The summed E-state index contributed by atoms with van der Waals surface area (Å²) in [5, 5.41) is 0. The second kappa shape index (κ2) is 5.45. The number of hydrogen-bond acceptors (Lipinski definition) is 3. The summed E-state index contributed by atoms with van der Waals surface area (Å²) in [6.45, 7) is 0.818. The third-order valence-corrected chi connectivity index (χ3v) is 2.94. The third-order valence-electron chi connectivity index (χ3n) is 2.94. The number of rotatable bonds is 4. The Morgan fingerprint density at radius 1 is 1.06 bits per heavy atom. The molecule has 0 unspecified atom stereocenters. The van der Waals surface area contributed by atoms with Gasteiger partial charge in [-0.3, -0.25) is 0 Å². The van der Waals surface area contributed by atoms with Crippen molar-refractivity contribution in [3.8, 4) is 5.75 Å². The first-order valence-electron chi connectivity index (χ1n) is 5.90. The molecule has 0 radical (unpaired) electrons. The summed E-state index contributed by atoms with van der Waals surface area (Å²) in [4.78, 5) is 2.12. The second-order valence-electron chi connectivity index (χ2n) is 4.23. The van der Waals surface area contributed by atoms with Crippen molar-refractivity contribution in [3.05, 3.63) is 54.1 Å². The highest BCUT2D eigenvalue weighted by Gasteiger charge is 2.09. The Morgan fingerprint density at radius 2 is 1.78 bits per heavy atom. The van der Waals surface area contributed by atoms with Gasteiger partial charge in [0.1, 0.15) is 5.75 Å². The summed E-state index contributed by atoms with van der Waals surface area (Å²) in [5.74, 6) is 0.715. The van der Waals surface area contributed by atoms with Gasteiger partial charge >= 0.3 is 0 Å². The molecule has 2 aromatic carbocycles. The molecule has 0 saturated carbocycles. The minimum Gasteiger partial charge on any atom is -0.495 e. The fourth-order valence-corrected chi connectivity index (χ4v) is 1.99. The molecule has 0 aromatic heterocycles. The van der Waals surface area contributed by atoms with Gasteiger partial charge in [-0.15, -0.1) is 0 Å². The Balaban J connectivity index is 2.21. The van der Waals surface area contributed by atoms with E-state index in [1.54, 1.807) is 7.11 Å². The van der Waals surface area contributed by atoms with Crippen LogP contribution in [-0.4, -0.2) is 14.2 Å². The van der Waals surface area contributed by atoms with Gasteiger partial charge in [-0.25, -0.2) is 0 Å². The van der Waals surface area contributed by atoms with Gasteiger partial charge < -0.3 is 15.4 Å². The van der Waals surface area contributed by atoms with Crippen LogP contribution < -0.4 is 15.4 Å². The summed E-state index contributed by atoms with van der Waals surface area (Å²) in [6.07, 6.45) is 0. The van der Waals surface area contributed by atoms with Gasteiger partial charge in [-0.2, -0.15) is 0 Å². The molecule has 0 aliphatic carbocycles. The largest absolute Gasteiger partial charge is 0.495 e. The predicted molar refractivity (Wildman–Crippen MR) is 76.0 cm³/mol. The Labute approximate surface area is 108 Å². The lowest BCUT2D eigenvalue weighted by molar-refractivity contribution is 0.417. The molecule has 0 heterocycles. The SMILES string of the molecule is COc1cccc(N(C)Cc2ccccc2)c1N. The molecule has 0 amide bonds. The summed E-state index contributed by atoms with van der Waals surface area (Å²) in [5.41, 5.74) is 9.00. The Hall–Kier alpha value is -2.16. The molecule has 0 spiro atoms. The van der Waals surface area contributed by atoms with Gasteiger partial charge in [0, 0.05) is 13.6 Å². The van der Waals surface area contributed by atoms with Crippen molar-refractivity contribution >= 4 is 11.4 Å². The number of hydrogen-bond donors (Lipinski definition) is 1. The van der Waals surface area contributed by atoms with Crippen molar-refractivity contribution in [2.45, 2.75) is 6.54 Å². The topological polar surface area (TPSA) is 38.5 Å². The minimum absolute atomic E-state index is 0.679. The summed E-state index contributed by atoms with van der Waals surface area (Å²) in [7, 11) is 3.66. The molecule has 0 fully saturated rings. The number of nitrogens with two attached hydrogens (primary N) is 1. The van der Waals surface area contributed by atoms with E-state index in [1.165, 1.54) is 5.56 Å². The van der Waals surface area contributed by atoms with Gasteiger partial charge in [0.2, 0.25) is 0 Å².